The molecule has 2 heterocycles. The summed E-state index contributed by atoms with van der Waals surface area (Å²) >= 11 is 0. The van der Waals surface area contributed by atoms with E-state index in [2.05, 4.69) is 5.32 Å². The zero-order valence-corrected chi connectivity index (χ0v) is 18.1. The van der Waals surface area contributed by atoms with Crippen LogP contribution in [0.15, 0.2) is 30.3 Å². The van der Waals surface area contributed by atoms with Crippen LogP contribution in [0.3, 0.4) is 0 Å². The number of ether oxygens (including phenoxy) is 2. The molecule has 0 unspecified atom stereocenters. The molecule has 2 aliphatic heterocycles. The van der Waals surface area contributed by atoms with Crippen molar-refractivity contribution in [1.29, 1.82) is 0 Å². The number of fused-ring (bicyclic) bond motifs is 1. The average molecular weight is 418 g/mol. The number of nitrogens with one attached hydrogen (secondary N) is 1. The number of piperidine rings is 1. The van der Waals surface area contributed by atoms with Crippen molar-refractivity contribution in [1.82, 2.24) is 15.1 Å². The van der Waals surface area contributed by atoms with Gasteiger partial charge in [-0.1, -0.05) is 30.3 Å². The van der Waals surface area contributed by atoms with E-state index in [9.17, 15) is 14.4 Å². The zero-order chi connectivity index (χ0) is 21.9. The van der Waals surface area contributed by atoms with Crippen molar-refractivity contribution in [2.24, 2.45) is 5.92 Å². The minimum absolute atomic E-state index is 0.118. The number of carbonyl (C=O) groups is 3. The number of hydrogen-bond donors (Lipinski definition) is 1. The van der Waals surface area contributed by atoms with E-state index in [1.54, 1.807) is 32.7 Å². The predicted octanol–water partition coefficient (Wildman–Crippen LogP) is 2.77. The van der Waals surface area contributed by atoms with Gasteiger partial charge in [0.15, 0.2) is 0 Å². The van der Waals surface area contributed by atoms with E-state index >= 15 is 0 Å². The summed E-state index contributed by atoms with van der Waals surface area (Å²) in [6.45, 7) is 6.48. The molecule has 3 rings (SSSR count). The second kappa shape index (κ2) is 8.93. The van der Waals surface area contributed by atoms with E-state index in [0.717, 1.165) is 12.0 Å². The van der Waals surface area contributed by atoms with Gasteiger partial charge in [0.05, 0.1) is 6.04 Å². The summed E-state index contributed by atoms with van der Waals surface area (Å²) < 4.78 is 11.1. The Morgan fingerprint density at radius 1 is 1.17 bits per heavy atom. The molecule has 8 nitrogen and oxygen atoms in total. The number of hydrogen-bond acceptors (Lipinski definition) is 5. The standard InChI is InChI=1S/C22H31N3O5/c1-22(2,3)30-21(28)25-17(19(26)29-14-15-8-6-5-7-9-15)12-16-10-11-24(13-18(16)25)20(27)23-4/h5-9,16-18H,10-14H2,1-4H3,(H,23,27)/t16-,17-,18+/m1/s1. The van der Waals surface area contributed by atoms with Crippen LogP contribution in [-0.4, -0.2) is 65.7 Å². The smallest absolute Gasteiger partial charge is 0.411 e. The lowest BCUT2D eigenvalue weighted by atomic mass is 9.91. The summed E-state index contributed by atoms with van der Waals surface area (Å²) in [5, 5.41) is 2.63. The molecule has 0 aromatic heterocycles. The highest BCUT2D eigenvalue weighted by Gasteiger charge is 2.51. The summed E-state index contributed by atoms with van der Waals surface area (Å²) in [5.74, 6) is -0.321. The minimum Gasteiger partial charge on any atom is -0.459 e. The molecule has 0 bridgehead atoms. The Hall–Kier alpha value is -2.77. The van der Waals surface area contributed by atoms with Crippen LogP contribution < -0.4 is 5.32 Å². The molecule has 1 aromatic rings. The molecule has 3 amide bonds. The number of urea groups is 1. The lowest BCUT2D eigenvalue weighted by Gasteiger charge is -2.39. The third-order valence-electron chi connectivity index (χ3n) is 5.54. The van der Waals surface area contributed by atoms with Crippen LogP contribution >= 0.6 is 0 Å². The fourth-order valence-electron chi connectivity index (χ4n) is 4.16. The lowest BCUT2D eigenvalue weighted by molar-refractivity contribution is -0.150. The van der Waals surface area contributed by atoms with Gasteiger partial charge in [0.1, 0.15) is 18.2 Å². The van der Waals surface area contributed by atoms with E-state index in [1.807, 2.05) is 30.3 Å². The Kier molecular flexibility index (Phi) is 6.53. The highest BCUT2D eigenvalue weighted by atomic mass is 16.6. The highest BCUT2D eigenvalue weighted by Crippen LogP contribution is 2.37. The van der Waals surface area contributed by atoms with Gasteiger partial charge in [0.25, 0.3) is 0 Å². The van der Waals surface area contributed by atoms with Crippen molar-refractivity contribution in [3.05, 3.63) is 35.9 Å². The van der Waals surface area contributed by atoms with E-state index in [4.69, 9.17) is 9.47 Å². The molecule has 2 aliphatic rings. The number of nitrogens with zero attached hydrogens (tertiary/aromatic N) is 2. The zero-order valence-electron chi connectivity index (χ0n) is 18.1. The van der Waals surface area contributed by atoms with Gasteiger partial charge >= 0.3 is 18.1 Å². The first-order valence-electron chi connectivity index (χ1n) is 10.4. The van der Waals surface area contributed by atoms with Crippen LogP contribution in [0.25, 0.3) is 0 Å². The Morgan fingerprint density at radius 3 is 2.50 bits per heavy atom. The maximum atomic E-state index is 13.0. The summed E-state index contributed by atoms with van der Waals surface area (Å²) in [6.07, 6.45) is 0.689. The van der Waals surface area contributed by atoms with Crippen LogP contribution in [0.2, 0.25) is 0 Å². The van der Waals surface area contributed by atoms with Gasteiger partial charge in [-0.2, -0.15) is 0 Å². The van der Waals surface area contributed by atoms with Crippen molar-refractivity contribution < 1.29 is 23.9 Å². The van der Waals surface area contributed by atoms with Crippen molar-refractivity contribution in [2.75, 3.05) is 20.1 Å². The molecular weight excluding hydrogens is 386 g/mol. The molecule has 30 heavy (non-hydrogen) atoms. The van der Waals surface area contributed by atoms with E-state index in [0.29, 0.717) is 19.5 Å². The van der Waals surface area contributed by atoms with E-state index in [1.165, 1.54) is 4.90 Å². The predicted molar refractivity (Wildman–Crippen MR) is 111 cm³/mol. The highest BCUT2D eigenvalue weighted by molar-refractivity contribution is 5.83. The van der Waals surface area contributed by atoms with Gasteiger partial charge in [-0.05, 0) is 45.1 Å². The Morgan fingerprint density at radius 2 is 1.87 bits per heavy atom. The molecule has 0 saturated carbocycles. The molecule has 0 radical (unpaired) electrons. The van der Waals surface area contributed by atoms with E-state index < -0.39 is 23.7 Å². The topological polar surface area (TPSA) is 88.2 Å². The second-order valence-electron chi connectivity index (χ2n) is 8.85. The monoisotopic (exact) mass is 417 g/mol. The molecule has 3 atom stereocenters. The number of rotatable bonds is 3. The van der Waals surface area contributed by atoms with Crippen LogP contribution in [0.1, 0.15) is 39.2 Å². The van der Waals surface area contributed by atoms with Gasteiger partial charge in [0, 0.05) is 20.1 Å². The molecule has 2 saturated heterocycles. The molecule has 164 valence electrons. The third-order valence-corrected chi connectivity index (χ3v) is 5.54. The maximum absolute atomic E-state index is 13.0. The van der Waals surface area contributed by atoms with Crippen LogP contribution in [0.5, 0.6) is 0 Å². The number of benzene rings is 1. The summed E-state index contributed by atoms with van der Waals surface area (Å²) in [6, 6.07) is 8.25. The fourth-order valence-corrected chi connectivity index (χ4v) is 4.16. The lowest BCUT2D eigenvalue weighted by Crippen LogP contribution is -2.56. The molecule has 1 N–H and O–H groups in total. The normalized spacial score (nSPS) is 23.5. The van der Waals surface area contributed by atoms with Crippen LogP contribution in [0, 0.1) is 5.92 Å². The second-order valence-corrected chi connectivity index (χ2v) is 8.85. The van der Waals surface area contributed by atoms with Gasteiger partial charge in [-0.25, -0.2) is 14.4 Å². The van der Waals surface area contributed by atoms with Gasteiger partial charge in [-0.15, -0.1) is 0 Å². The summed E-state index contributed by atoms with van der Waals surface area (Å²) in [4.78, 5) is 41.3. The Labute approximate surface area is 177 Å². The Bertz CT molecular complexity index is 777. The number of likely N-dealkylation sites (tertiary alicyclic amines) is 2. The number of amides is 3. The molecular formula is C22H31N3O5. The van der Waals surface area contributed by atoms with Crippen molar-refractivity contribution in [3.63, 3.8) is 0 Å². The SMILES string of the molecule is CNC(=O)N1CC[C@@H]2C[C@H](C(=O)OCc3ccccc3)N(C(=O)OC(C)(C)C)[C@H]2C1. The van der Waals surface area contributed by atoms with Crippen LogP contribution in [-0.2, 0) is 20.9 Å². The number of esters is 1. The Balaban J connectivity index is 1.77. The fraction of sp³-hybridized carbons (Fsp3) is 0.591. The van der Waals surface area contributed by atoms with E-state index in [-0.39, 0.29) is 24.6 Å². The minimum atomic E-state index is -0.719. The molecule has 1 aromatic carbocycles. The first kappa shape index (κ1) is 21.9. The first-order valence-corrected chi connectivity index (χ1v) is 10.4. The summed E-state index contributed by atoms with van der Waals surface area (Å²) in [7, 11) is 1.58. The van der Waals surface area contributed by atoms with Crippen LogP contribution in [0.4, 0.5) is 9.59 Å². The van der Waals surface area contributed by atoms with Crippen molar-refractivity contribution in [3.8, 4) is 0 Å². The summed E-state index contributed by atoms with van der Waals surface area (Å²) in [5.41, 5.74) is 0.193. The van der Waals surface area contributed by atoms with Gasteiger partial charge < -0.3 is 19.7 Å². The molecule has 8 heteroatoms. The largest absolute Gasteiger partial charge is 0.459 e. The molecule has 0 aliphatic carbocycles. The maximum Gasteiger partial charge on any atom is 0.411 e. The third kappa shape index (κ3) is 5.04. The molecule has 0 spiro atoms. The van der Waals surface area contributed by atoms with Crippen molar-refractivity contribution >= 4 is 18.1 Å². The quantitative estimate of drug-likeness (QED) is 0.764. The number of carbonyl (C=O) groups excluding carboxylic acids is 3. The van der Waals surface area contributed by atoms with Crippen molar-refractivity contribution in [2.45, 2.75) is 57.9 Å². The average Bonchev–Trinajstić information content (AvgIpc) is 3.10. The molecule has 2 fully saturated rings. The van der Waals surface area contributed by atoms with Gasteiger partial charge in [-0.3, -0.25) is 4.90 Å². The first-order chi connectivity index (χ1) is 14.2. The van der Waals surface area contributed by atoms with Gasteiger partial charge in [0.2, 0.25) is 0 Å².